The molecular formula is C18H18ClFN2O3S. The van der Waals surface area contributed by atoms with Crippen LogP contribution < -0.4 is 4.90 Å². The molecule has 2 aromatic carbocycles. The molecule has 26 heavy (non-hydrogen) atoms. The summed E-state index contributed by atoms with van der Waals surface area (Å²) in [7, 11) is -3.90. The first-order valence-electron chi connectivity index (χ1n) is 8.10. The number of ketones is 1. The molecule has 1 aliphatic rings. The third-order valence-corrected chi connectivity index (χ3v) is 6.56. The van der Waals surface area contributed by atoms with Crippen LogP contribution in [0.4, 0.5) is 10.1 Å². The summed E-state index contributed by atoms with van der Waals surface area (Å²) in [6, 6.07) is 10.8. The lowest BCUT2D eigenvalue weighted by Gasteiger charge is -2.35. The maximum Gasteiger partial charge on any atom is 0.246 e. The molecule has 0 N–H and O–H groups in total. The molecule has 138 valence electrons. The third kappa shape index (κ3) is 3.75. The Morgan fingerprint density at radius 1 is 1.04 bits per heavy atom. The van der Waals surface area contributed by atoms with E-state index in [2.05, 4.69) is 0 Å². The van der Waals surface area contributed by atoms with Crippen molar-refractivity contribution in [1.29, 1.82) is 0 Å². The zero-order valence-corrected chi connectivity index (χ0v) is 15.7. The fourth-order valence-electron chi connectivity index (χ4n) is 2.92. The van der Waals surface area contributed by atoms with E-state index in [0.717, 1.165) is 11.8 Å². The number of halogens is 2. The number of hydrogen-bond donors (Lipinski definition) is 0. The quantitative estimate of drug-likeness (QED) is 0.745. The topological polar surface area (TPSA) is 57.7 Å². The summed E-state index contributed by atoms with van der Waals surface area (Å²) in [6.07, 6.45) is 0. The molecule has 8 heteroatoms. The van der Waals surface area contributed by atoms with Gasteiger partial charge >= 0.3 is 0 Å². The lowest BCUT2D eigenvalue weighted by atomic mass is 10.1. The average Bonchev–Trinajstić information content (AvgIpc) is 2.61. The average molecular weight is 397 g/mol. The number of sulfonamides is 1. The molecule has 0 saturated carbocycles. The normalized spacial score (nSPS) is 15.9. The molecule has 1 saturated heterocycles. The highest BCUT2D eigenvalue weighted by Gasteiger charge is 2.30. The molecule has 0 aliphatic carbocycles. The summed E-state index contributed by atoms with van der Waals surface area (Å²) in [4.78, 5) is 13.0. The van der Waals surface area contributed by atoms with Gasteiger partial charge in [-0.3, -0.25) is 4.79 Å². The van der Waals surface area contributed by atoms with Crippen LogP contribution in [0.15, 0.2) is 47.4 Å². The van der Waals surface area contributed by atoms with E-state index in [4.69, 9.17) is 11.6 Å². The Kier molecular flexibility index (Phi) is 5.32. The van der Waals surface area contributed by atoms with E-state index in [-0.39, 0.29) is 28.8 Å². The minimum Gasteiger partial charge on any atom is -0.369 e. The van der Waals surface area contributed by atoms with E-state index in [1.54, 1.807) is 12.1 Å². The van der Waals surface area contributed by atoms with E-state index in [1.165, 1.54) is 23.4 Å². The van der Waals surface area contributed by atoms with Crippen molar-refractivity contribution < 1.29 is 17.6 Å². The minimum absolute atomic E-state index is 0.00236. The molecule has 0 spiro atoms. The maximum atomic E-state index is 14.0. The molecule has 0 atom stereocenters. The van der Waals surface area contributed by atoms with Gasteiger partial charge in [0.25, 0.3) is 0 Å². The number of carbonyl (C=O) groups excluding carboxylic acids is 1. The summed E-state index contributed by atoms with van der Waals surface area (Å²) in [5.41, 5.74) is 1.55. The number of piperazine rings is 1. The van der Waals surface area contributed by atoms with Crippen molar-refractivity contribution in [3.05, 3.63) is 58.9 Å². The Bertz CT molecular complexity index is 924. The van der Waals surface area contributed by atoms with Crippen molar-refractivity contribution in [2.45, 2.75) is 11.8 Å². The summed E-state index contributed by atoms with van der Waals surface area (Å²) < 4.78 is 40.6. The van der Waals surface area contributed by atoms with E-state index >= 15 is 0 Å². The van der Waals surface area contributed by atoms with Crippen LogP contribution in [0.1, 0.15) is 17.3 Å². The van der Waals surface area contributed by atoms with Gasteiger partial charge in [0.15, 0.2) is 5.78 Å². The number of anilines is 1. The van der Waals surface area contributed by atoms with Crippen LogP contribution in [0.5, 0.6) is 0 Å². The maximum absolute atomic E-state index is 14.0. The standard InChI is InChI=1S/C18H18ClFN2O3S/c1-13(23)14-2-5-16(6-3-14)21-8-10-22(11-9-21)26(24,25)18-7-4-15(19)12-17(18)20/h2-7,12H,8-11H2,1H3. The minimum atomic E-state index is -3.90. The number of hydrogen-bond acceptors (Lipinski definition) is 4. The predicted molar refractivity (Wildman–Crippen MR) is 98.8 cm³/mol. The van der Waals surface area contributed by atoms with Crippen LogP contribution in [0.25, 0.3) is 0 Å². The van der Waals surface area contributed by atoms with E-state index in [1.807, 2.05) is 17.0 Å². The molecule has 0 unspecified atom stereocenters. The van der Waals surface area contributed by atoms with E-state index < -0.39 is 15.8 Å². The van der Waals surface area contributed by atoms with Crippen LogP contribution in [-0.2, 0) is 10.0 Å². The Balaban J connectivity index is 1.72. The fourth-order valence-corrected chi connectivity index (χ4v) is 4.54. The third-order valence-electron chi connectivity index (χ3n) is 4.39. The van der Waals surface area contributed by atoms with Gasteiger partial charge in [-0.05, 0) is 49.4 Å². The van der Waals surface area contributed by atoms with Crippen LogP contribution in [-0.4, -0.2) is 44.7 Å². The molecular weight excluding hydrogens is 379 g/mol. The number of Topliss-reactive ketones (excluding diaryl/α,β-unsaturated/α-hetero) is 1. The first-order valence-corrected chi connectivity index (χ1v) is 9.92. The molecule has 0 aromatic heterocycles. The Morgan fingerprint density at radius 3 is 2.19 bits per heavy atom. The van der Waals surface area contributed by atoms with Crippen molar-refractivity contribution >= 4 is 33.1 Å². The lowest BCUT2D eigenvalue weighted by molar-refractivity contribution is 0.101. The number of rotatable bonds is 4. The molecule has 2 aromatic rings. The second-order valence-electron chi connectivity index (χ2n) is 6.07. The Hall–Kier alpha value is -1.96. The molecule has 0 amide bonds. The van der Waals surface area contributed by atoms with Crippen molar-refractivity contribution in [3.63, 3.8) is 0 Å². The number of nitrogens with zero attached hydrogens (tertiary/aromatic N) is 2. The molecule has 1 aliphatic heterocycles. The highest BCUT2D eigenvalue weighted by Crippen LogP contribution is 2.25. The van der Waals surface area contributed by atoms with Gasteiger partial charge in [0.2, 0.25) is 10.0 Å². The second-order valence-corrected chi connectivity index (χ2v) is 8.41. The van der Waals surface area contributed by atoms with Crippen LogP contribution in [0, 0.1) is 5.82 Å². The van der Waals surface area contributed by atoms with Crippen LogP contribution in [0.3, 0.4) is 0 Å². The van der Waals surface area contributed by atoms with E-state index in [0.29, 0.717) is 18.7 Å². The molecule has 3 rings (SSSR count). The van der Waals surface area contributed by atoms with Crippen molar-refractivity contribution in [3.8, 4) is 0 Å². The molecule has 0 radical (unpaired) electrons. The summed E-state index contributed by atoms with van der Waals surface area (Å²) in [6.45, 7) is 2.97. The van der Waals surface area contributed by atoms with Gasteiger partial charge in [0, 0.05) is 42.5 Å². The molecule has 5 nitrogen and oxygen atoms in total. The van der Waals surface area contributed by atoms with Crippen LogP contribution >= 0.6 is 11.6 Å². The van der Waals surface area contributed by atoms with Crippen molar-refractivity contribution in [1.82, 2.24) is 4.31 Å². The van der Waals surface area contributed by atoms with Gasteiger partial charge in [-0.2, -0.15) is 4.31 Å². The number of carbonyl (C=O) groups is 1. The largest absolute Gasteiger partial charge is 0.369 e. The Labute approximate surface area is 157 Å². The molecule has 1 fully saturated rings. The van der Waals surface area contributed by atoms with Gasteiger partial charge in [-0.15, -0.1) is 0 Å². The van der Waals surface area contributed by atoms with Gasteiger partial charge in [0.05, 0.1) is 0 Å². The summed E-state index contributed by atoms with van der Waals surface area (Å²) >= 11 is 5.69. The van der Waals surface area contributed by atoms with Gasteiger partial charge < -0.3 is 4.90 Å². The zero-order chi connectivity index (χ0) is 18.9. The summed E-state index contributed by atoms with van der Waals surface area (Å²) in [5, 5.41) is 0.153. The fraction of sp³-hybridized carbons (Fsp3) is 0.278. The van der Waals surface area contributed by atoms with Crippen molar-refractivity contribution in [2.75, 3.05) is 31.1 Å². The highest BCUT2D eigenvalue weighted by atomic mass is 35.5. The van der Waals surface area contributed by atoms with Gasteiger partial charge in [-0.25, -0.2) is 12.8 Å². The summed E-state index contributed by atoms with van der Waals surface area (Å²) in [5.74, 6) is -0.850. The first-order chi connectivity index (χ1) is 12.3. The lowest BCUT2D eigenvalue weighted by Crippen LogP contribution is -2.48. The van der Waals surface area contributed by atoms with Gasteiger partial charge in [0.1, 0.15) is 10.7 Å². The van der Waals surface area contributed by atoms with Crippen molar-refractivity contribution in [2.24, 2.45) is 0 Å². The van der Waals surface area contributed by atoms with Gasteiger partial charge in [-0.1, -0.05) is 11.6 Å². The smallest absolute Gasteiger partial charge is 0.246 e. The highest BCUT2D eigenvalue weighted by molar-refractivity contribution is 7.89. The predicted octanol–water partition coefficient (Wildman–Crippen LogP) is 3.19. The van der Waals surface area contributed by atoms with Crippen LogP contribution in [0.2, 0.25) is 5.02 Å². The molecule has 1 heterocycles. The zero-order valence-electron chi connectivity index (χ0n) is 14.2. The number of benzene rings is 2. The molecule has 0 bridgehead atoms. The second kappa shape index (κ2) is 7.34. The van der Waals surface area contributed by atoms with E-state index in [9.17, 15) is 17.6 Å². The monoisotopic (exact) mass is 396 g/mol. The Morgan fingerprint density at radius 2 is 1.65 bits per heavy atom. The SMILES string of the molecule is CC(=O)c1ccc(N2CCN(S(=O)(=O)c3ccc(Cl)cc3F)CC2)cc1. The first kappa shape index (κ1) is 18.8.